The molecule has 0 aliphatic heterocycles. The van der Waals surface area contributed by atoms with Crippen molar-refractivity contribution < 1.29 is 17.1 Å². The predicted molar refractivity (Wildman–Crippen MR) is 79.4 cm³/mol. The Morgan fingerprint density at radius 2 is 2.00 bits per heavy atom. The van der Waals surface area contributed by atoms with E-state index in [1.54, 1.807) is 6.07 Å². The van der Waals surface area contributed by atoms with Crippen molar-refractivity contribution in [2.24, 2.45) is 0 Å². The molecule has 20 heavy (non-hydrogen) atoms. The van der Waals surface area contributed by atoms with Crippen LogP contribution in [-0.4, -0.2) is 14.3 Å². The maximum Gasteiger partial charge on any atom is 0.334 e. The number of amides is 1. The normalized spacial score (nSPS) is 11.3. The van der Waals surface area contributed by atoms with E-state index in [0.29, 0.717) is 4.88 Å². The first kappa shape index (κ1) is 15.1. The van der Waals surface area contributed by atoms with Crippen LogP contribution in [0.2, 0.25) is 0 Å². The monoisotopic (exact) mass is 377 g/mol. The van der Waals surface area contributed by atoms with E-state index in [1.165, 1.54) is 29.5 Å². The molecule has 0 atom stereocenters. The van der Waals surface area contributed by atoms with Crippen LogP contribution in [-0.2, 0) is 10.2 Å². The molecule has 8 heteroatoms. The van der Waals surface area contributed by atoms with Crippen LogP contribution in [0.1, 0.15) is 15.2 Å². The maximum absolute atomic E-state index is 13.1. The fourth-order valence-corrected chi connectivity index (χ4v) is 3.59. The van der Waals surface area contributed by atoms with E-state index in [9.17, 15) is 17.1 Å². The van der Waals surface area contributed by atoms with Gasteiger partial charge < -0.3 is 5.32 Å². The molecule has 2 rings (SSSR count). The number of halogens is 2. The fraction of sp³-hybridized carbons (Fsp3) is 0.0833. The molecule has 0 unspecified atom stereocenters. The lowest BCUT2D eigenvalue weighted by Gasteiger charge is -2.06. The van der Waals surface area contributed by atoms with E-state index in [-0.39, 0.29) is 5.69 Å². The lowest BCUT2D eigenvalue weighted by Crippen LogP contribution is -2.12. The third-order valence-electron chi connectivity index (χ3n) is 2.48. The smallest absolute Gasteiger partial charge is 0.320 e. The molecule has 1 heterocycles. The van der Waals surface area contributed by atoms with Gasteiger partial charge in [0.2, 0.25) is 0 Å². The number of benzene rings is 1. The molecule has 0 fully saturated rings. The Bertz CT molecular complexity index is 751. The minimum absolute atomic E-state index is 0.0813. The van der Waals surface area contributed by atoms with Crippen molar-refractivity contribution in [3.05, 3.63) is 44.6 Å². The number of anilines is 1. The van der Waals surface area contributed by atoms with Gasteiger partial charge in [-0.1, -0.05) is 12.1 Å². The van der Waals surface area contributed by atoms with E-state index in [4.69, 9.17) is 0 Å². The molecule has 4 nitrogen and oxygen atoms in total. The van der Waals surface area contributed by atoms with Crippen molar-refractivity contribution in [3.8, 4) is 0 Å². The van der Waals surface area contributed by atoms with Gasteiger partial charge >= 0.3 is 10.2 Å². The molecule has 0 saturated carbocycles. The first-order valence-corrected chi connectivity index (χ1v) is 8.39. The van der Waals surface area contributed by atoms with E-state index < -0.39 is 21.0 Å². The van der Waals surface area contributed by atoms with Gasteiger partial charge in [-0.05, 0) is 46.6 Å². The van der Waals surface area contributed by atoms with Gasteiger partial charge in [-0.2, -0.15) is 8.42 Å². The van der Waals surface area contributed by atoms with Crippen LogP contribution in [0.3, 0.4) is 0 Å². The van der Waals surface area contributed by atoms with Gasteiger partial charge in [-0.15, -0.1) is 15.2 Å². The molecule has 1 amide bonds. The third-order valence-corrected chi connectivity index (χ3v) is 5.50. The first-order valence-electron chi connectivity index (χ1n) is 5.40. The van der Waals surface area contributed by atoms with E-state index in [0.717, 1.165) is 15.4 Å². The Balaban J connectivity index is 2.33. The number of rotatable bonds is 3. The van der Waals surface area contributed by atoms with Crippen LogP contribution in [0, 0.1) is 6.92 Å². The Kier molecular flexibility index (Phi) is 4.26. The quantitative estimate of drug-likeness (QED) is 0.828. The molecule has 1 aromatic heterocycles. The van der Waals surface area contributed by atoms with Crippen molar-refractivity contribution in [2.45, 2.75) is 11.8 Å². The van der Waals surface area contributed by atoms with Gasteiger partial charge in [-0.3, -0.25) is 4.79 Å². The van der Waals surface area contributed by atoms with Gasteiger partial charge in [0.25, 0.3) is 5.91 Å². The summed E-state index contributed by atoms with van der Waals surface area (Å²) in [6.45, 7) is 1.83. The highest BCUT2D eigenvalue weighted by atomic mass is 79.9. The number of carbonyl (C=O) groups is 1. The number of nitrogens with one attached hydrogen (secondary N) is 1. The lowest BCUT2D eigenvalue weighted by molar-refractivity contribution is 0.103. The SMILES string of the molecule is Cc1cc(C(=O)Nc2ccccc2S(=O)(=O)F)sc1Br. The molecular weight excluding hydrogens is 369 g/mol. The summed E-state index contributed by atoms with van der Waals surface area (Å²) in [4.78, 5) is 11.9. The van der Waals surface area contributed by atoms with E-state index >= 15 is 0 Å². The molecule has 2 aromatic rings. The molecule has 0 aliphatic carbocycles. The Hall–Kier alpha value is -1.25. The molecule has 0 bridgehead atoms. The van der Waals surface area contributed by atoms with Crippen LogP contribution in [0.4, 0.5) is 9.57 Å². The second kappa shape index (κ2) is 5.63. The molecule has 106 valence electrons. The van der Waals surface area contributed by atoms with Crippen LogP contribution < -0.4 is 5.32 Å². The number of thiophene rings is 1. The number of carbonyl (C=O) groups excluding carboxylic acids is 1. The minimum atomic E-state index is -4.88. The summed E-state index contributed by atoms with van der Waals surface area (Å²) < 4.78 is 35.9. The predicted octanol–water partition coefficient (Wildman–Crippen LogP) is 3.73. The molecular formula is C12H9BrFNO3S2. The molecule has 1 N–H and O–H groups in total. The standard InChI is InChI=1S/C12H9BrFNO3S2/c1-7-6-9(19-11(7)13)12(16)15-8-4-2-3-5-10(8)20(14,17)18/h2-6H,1H3,(H,15,16). The average Bonchev–Trinajstić information content (AvgIpc) is 2.69. The first-order chi connectivity index (χ1) is 9.29. The lowest BCUT2D eigenvalue weighted by atomic mass is 10.3. The topological polar surface area (TPSA) is 63.2 Å². The largest absolute Gasteiger partial charge is 0.334 e. The molecule has 0 spiro atoms. The van der Waals surface area contributed by atoms with Crippen molar-refractivity contribution >= 4 is 49.1 Å². The zero-order valence-electron chi connectivity index (χ0n) is 10.2. The molecule has 0 radical (unpaired) electrons. The Labute approximate surface area is 128 Å². The highest BCUT2D eigenvalue weighted by Gasteiger charge is 2.19. The summed E-state index contributed by atoms with van der Waals surface area (Å²) >= 11 is 4.52. The van der Waals surface area contributed by atoms with Crippen LogP contribution in [0.5, 0.6) is 0 Å². The third kappa shape index (κ3) is 3.25. The van der Waals surface area contributed by atoms with Gasteiger partial charge in [0.1, 0.15) is 4.90 Å². The summed E-state index contributed by atoms with van der Waals surface area (Å²) in [7, 11) is -4.88. The highest BCUT2D eigenvalue weighted by Crippen LogP contribution is 2.29. The van der Waals surface area contributed by atoms with Crippen LogP contribution >= 0.6 is 27.3 Å². The summed E-state index contributed by atoms with van der Waals surface area (Å²) in [5, 5.41) is 2.41. The summed E-state index contributed by atoms with van der Waals surface area (Å²) in [5.41, 5.74) is 0.814. The Morgan fingerprint density at radius 3 is 2.55 bits per heavy atom. The number of aryl methyl sites for hydroxylation is 1. The fourth-order valence-electron chi connectivity index (χ4n) is 1.54. The molecule has 0 saturated heterocycles. The molecule has 0 aliphatic rings. The summed E-state index contributed by atoms with van der Waals surface area (Å²) in [5.74, 6) is -0.486. The van der Waals surface area contributed by atoms with Crippen molar-refractivity contribution in [1.82, 2.24) is 0 Å². The number of hydrogen-bond acceptors (Lipinski definition) is 4. The van der Waals surface area contributed by atoms with Crippen molar-refractivity contribution in [1.29, 1.82) is 0 Å². The highest BCUT2D eigenvalue weighted by molar-refractivity contribution is 9.11. The van der Waals surface area contributed by atoms with Gasteiger partial charge in [0.05, 0.1) is 14.4 Å². The van der Waals surface area contributed by atoms with Crippen LogP contribution in [0.15, 0.2) is 39.0 Å². The second-order valence-electron chi connectivity index (χ2n) is 3.96. The zero-order chi connectivity index (χ0) is 14.9. The van der Waals surface area contributed by atoms with Gasteiger partial charge in [-0.25, -0.2) is 0 Å². The summed E-state index contributed by atoms with van der Waals surface area (Å²) in [6, 6.07) is 6.99. The van der Waals surface area contributed by atoms with E-state index in [2.05, 4.69) is 21.2 Å². The maximum atomic E-state index is 13.1. The minimum Gasteiger partial charge on any atom is -0.320 e. The summed E-state index contributed by atoms with van der Waals surface area (Å²) in [6.07, 6.45) is 0. The Morgan fingerprint density at radius 1 is 1.35 bits per heavy atom. The number of hydrogen-bond donors (Lipinski definition) is 1. The van der Waals surface area contributed by atoms with Crippen LogP contribution in [0.25, 0.3) is 0 Å². The second-order valence-corrected chi connectivity index (χ2v) is 7.64. The average molecular weight is 378 g/mol. The van der Waals surface area contributed by atoms with E-state index in [1.807, 2.05) is 6.92 Å². The van der Waals surface area contributed by atoms with Gasteiger partial charge in [0, 0.05) is 0 Å². The van der Waals surface area contributed by atoms with Crippen molar-refractivity contribution in [2.75, 3.05) is 5.32 Å². The number of para-hydroxylation sites is 1. The zero-order valence-corrected chi connectivity index (χ0v) is 13.4. The van der Waals surface area contributed by atoms with Crippen molar-refractivity contribution in [3.63, 3.8) is 0 Å². The van der Waals surface area contributed by atoms with Gasteiger partial charge in [0.15, 0.2) is 0 Å². The molecule has 1 aromatic carbocycles.